The number of aliphatic carboxylic acids is 1. The number of carbonyl (C=O) groups is 1. The van der Waals surface area contributed by atoms with Crippen LogP contribution in [0.15, 0.2) is 18.2 Å². The van der Waals surface area contributed by atoms with Gasteiger partial charge in [0.1, 0.15) is 0 Å². The molecule has 1 aromatic rings. The highest BCUT2D eigenvalue weighted by molar-refractivity contribution is 6.30. The molecule has 0 saturated carbocycles. The van der Waals surface area contributed by atoms with Gasteiger partial charge in [-0.15, -0.1) is 0 Å². The van der Waals surface area contributed by atoms with E-state index in [4.69, 9.17) is 16.7 Å². The molecule has 3 nitrogen and oxygen atoms in total. The zero-order chi connectivity index (χ0) is 12.4. The molecule has 1 N–H and O–H groups in total. The summed E-state index contributed by atoms with van der Waals surface area (Å²) in [5.74, 6) is -0.744. The molecule has 1 aliphatic rings. The zero-order valence-corrected chi connectivity index (χ0v) is 10.6. The van der Waals surface area contributed by atoms with E-state index in [2.05, 4.69) is 11.0 Å². The van der Waals surface area contributed by atoms with Gasteiger partial charge in [0.25, 0.3) is 0 Å². The Morgan fingerprint density at radius 2 is 2.35 bits per heavy atom. The minimum absolute atomic E-state index is 0.190. The third kappa shape index (κ3) is 2.79. The van der Waals surface area contributed by atoms with Crippen molar-refractivity contribution < 1.29 is 9.90 Å². The number of halogens is 1. The van der Waals surface area contributed by atoms with Crippen LogP contribution in [0.4, 0.5) is 0 Å². The summed E-state index contributed by atoms with van der Waals surface area (Å²) in [6, 6.07) is 6.32. The van der Waals surface area contributed by atoms with E-state index in [1.165, 1.54) is 11.1 Å². The van der Waals surface area contributed by atoms with Crippen LogP contribution in [0.5, 0.6) is 0 Å². The molecule has 0 aliphatic heterocycles. The monoisotopic (exact) mass is 253 g/mol. The summed E-state index contributed by atoms with van der Waals surface area (Å²) in [5.41, 5.74) is 2.59. The van der Waals surface area contributed by atoms with Crippen LogP contribution in [0.25, 0.3) is 0 Å². The molecule has 4 heteroatoms. The molecular formula is C13H16ClNO2. The van der Waals surface area contributed by atoms with Crippen LogP contribution >= 0.6 is 11.6 Å². The van der Waals surface area contributed by atoms with Gasteiger partial charge in [-0.2, -0.15) is 0 Å². The minimum Gasteiger partial charge on any atom is -0.481 e. The molecule has 1 aromatic carbocycles. The van der Waals surface area contributed by atoms with Gasteiger partial charge in [-0.3, -0.25) is 9.69 Å². The summed E-state index contributed by atoms with van der Waals surface area (Å²) in [7, 11) is 1.98. The average Bonchev–Trinajstić information content (AvgIpc) is 2.68. The van der Waals surface area contributed by atoms with Crippen LogP contribution in [-0.4, -0.2) is 29.6 Å². The van der Waals surface area contributed by atoms with E-state index in [9.17, 15) is 4.79 Å². The standard InChI is InChI=1S/C13H16ClNO2/c1-15(7-6-13(16)17)12-5-2-9-8-10(14)3-4-11(9)12/h3-4,8,12H,2,5-7H2,1H3,(H,16,17). The van der Waals surface area contributed by atoms with Crippen molar-refractivity contribution >= 4 is 17.6 Å². The second-order valence-electron chi connectivity index (χ2n) is 4.52. The van der Waals surface area contributed by atoms with Crippen molar-refractivity contribution in [1.29, 1.82) is 0 Å². The molecule has 0 aromatic heterocycles. The van der Waals surface area contributed by atoms with Crippen molar-refractivity contribution in [3.05, 3.63) is 34.3 Å². The highest BCUT2D eigenvalue weighted by Gasteiger charge is 2.25. The van der Waals surface area contributed by atoms with Crippen molar-refractivity contribution in [2.75, 3.05) is 13.6 Å². The predicted octanol–water partition coefficient (Wildman–Crippen LogP) is 2.73. The van der Waals surface area contributed by atoms with Crippen LogP contribution in [0.1, 0.15) is 30.0 Å². The first-order chi connectivity index (χ1) is 8.08. The van der Waals surface area contributed by atoms with Gasteiger partial charge >= 0.3 is 5.97 Å². The first-order valence-corrected chi connectivity index (χ1v) is 6.16. The molecule has 0 radical (unpaired) electrons. The molecule has 0 spiro atoms. The van der Waals surface area contributed by atoms with Gasteiger partial charge < -0.3 is 5.11 Å². The molecule has 1 aliphatic carbocycles. The second kappa shape index (κ2) is 5.07. The van der Waals surface area contributed by atoms with E-state index in [0.717, 1.165) is 17.9 Å². The Balaban J connectivity index is 2.08. The van der Waals surface area contributed by atoms with Crippen LogP contribution in [0, 0.1) is 0 Å². The Morgan fingerprint density at radius 1 is 1.59 bits per heavy atom. The molecule has 92 valence electrons. The van der Waals surface area contributed by atoms with Crippen molar-refractivity contribution in [2.24, 2.45) is 0 Å². The van der Waals surface area contributed by atoms with Crippen LogP contribution in [0.3, 0.4) is 0 Å². The van der Waals surface area contributed by atoms with Crippen LogP contribution in [-0.2, 0) is 11.2 Å². The van der Waals surface area contributed by atoms with Crippen molar-refractivity contribution in [1.82, 2.24) is 4.90 Å². The molecular weight excluding hydrogens is 238 g/mol. The van der Waals surface area contributed by atoms with Gasteiger partial charge in [0.2, 0.25) is 0 Å². The number of nitrogens with zero attached hydrogens (tertiary/aromatic N) is 1. The maximum atomic E-state index is 10.6. The molecule has 1 atom stereocenters. The fourth-order valence-electron chi connectivity index (χ4n) is 2.45. The molecule has 17 heavy (non-hydrogen) atoms. The lowest BCUT2D eigenvalue weighted by Crippen LogP contribution is -2.25. The first-order valence-electron chi connectivity index (χ1n) is 5.78. The van der Waals surface area contributed by atoms with E-state index in [0.29, 0.717) is 12.6 Å². The van der Waals surface area contributed by atoms with Gasteiger partial charge in [0.15, 0.2) is 0 Å². The summed E-state index contributed by atoms with van der Waals surface area (Å²) in [6.45, 7) is 0.585. The summed E-state index contributed by atoms with van der Waals surface area (Å²) >= 11 is 5.96. The van der Waals surface area contributed by atoms with E-state index >= 15 is 0 Å². The van der Waals surface area contributed by atoms with Crippen molar-refractivity contribution in [3.63, 3.8) is 0 Å². The molecule has 0 heterocycles. The van der Waals surface area contributed by atoms with Gasteiger partial charge in [-0.25, -0.2) is 0 Å². The molecule has 0 bridgehead atoms. The quantitative estimate of drug-likeness (QED) is 0.897. The number of hydrogen-bond donors (Lipinski definition) is 1. The topological polar surface area (TPSA) is 40.5 Å². The maximum absolute atomic E-state index is 10.6. The van der Waals surface area contributed by atoms with Gasteiger partial charge in [0.05, 0.1) is 6.42 Å². The summed E-state index contributed by atoms with van der Waals surface area (Å²) in [5, 5.41) is 9.47. The minimum atomic E-state index is -0.744. The first kappa shape index (κ1) is 12.4. The Labute approximate surface area is 106 Å². The van der Waals surface area contributed by atoms with Gasteiger partial charge in [0, 0.05) is 17.6 Å². The number of aryl methyl sites for hydroxylation is 1. The third-order valence-electron chi connectivity index (χ3n) is 3.36. The lowest BCUT2D eigenvalue weighted by molar-refractivity contribution is -0.137. The lowest BCUT2D eigenvalue weighted by Gasteiger charge is -2.24. The van der Waals surface area contributed by atoms with Gasteiger partial charge in [-0.05, 0) is 43.1 Å². The van der Waals surface area contributed by atoms with Crippen molar-refractivity contribution in [2.45, 2.75) is 25.3 Å². The normalized spacial score (nSPS) is 18.4. The number of hydrogen-bond acceptors (Lipinski definition) is 2. The Hall–Kier alpha value is -1.06. The number of carboxylic acid groups (broad SMARTS) is 1. The maximum Gasteiger partial charge on any atom is 0.304 e. The zero-order valence-electron chi connectivity index (χ0n) is 9.82. The SMILES string of the molecule is CN(CCC(=O)O)C1CCc2cc(Cl)ccc21. The number of carboxylic acids is 1. The van der Waals surface area contributed by atoms with E-state index in [1.54, 1.807) is 0 Å². The summed E-state index contributed by atoms with van der Waals surface area (Å²) in [4.78, 5) is 12.7. The average molecular weight is 254 g/mol. The highest BCUT2D eigenvalue weighted by Crippen LogP contribution is 2.36. The largest absolute Gasteiger partial charge is 0.481 e. The van der Waals surface area contributed by atoms with E-state index < -0.39 is 5.97 Å². The van der Waals surface area contributed by atoms with Gasteiger partial charge in [-0.1, -0.05) is 17.7 Å². The molecule has 0 fully saturated rings. The predicted molar refractivity (Wildman–Crippen MR) is 67.4 cm³/mol. The second-order valence-corrected chi connectivity index (χ2v) is 4.96. The summed E-state index contributed by atoms with van der Waals surface area (Å²) < 4.78 is 0. The fourth-order valence-corrected chi connectivity index (χ4v) is 2.64. The molecule has 0 amide bonds. The third-order valence-corrected chi connectivity index (χ3v) is 3.60. The summed E-state index contributed by atoms with van der Waals surface area (Å²) in [6.07, 6.45) is 2.26. The molecule has 0 saturated heterocycles. The van der Waals surface area contributed by atoms with Crippen LogP contribution in [0.2, 0.25) is 5.02 Å². The Bertz CT molecular complexity index is 433. The lowest BCUT2D eigenvalue weighted by atomic mass is 10.1. The van der Waals surface area contributed by atoms with E-state index in [1.807, 2.05) is 19.2 Å². The van der Waals surface area contributed by atoms with Crippen molar-refractivity contribution in [3.8, 4) is 0 Å². The smallest absolute Gasteiger partial charge is 0.304 e. The van der Waals surface area contributed by atoms with Crippen LogP contribution < -0.4 is 0 Å². The number of benzene rings is 1. The Kier molecular flexibility index (Phi) is 3.69. The van der Waals surface area contributed by atoms with E-state index in [-0.39, 0.29) is 6.42 Å². The highest BCUT2D eigenvalue weighted by atomic mass is 35.5. The Morgan fingerprint density at radius 3 is 3.06 bits per heavy atom. The molecule has 1 unspecified atom stereocenters. The number of fused-ring (bicyclic) bond motifs is 1. The molecule has 2 rings (SSSR count). The number of rotatable bonds is 4. The fraction of sp³-hybridized carbons (Fsp3) is 0.462.